The molecule has 18 heavy (non-hydrogen) atoms. The molecule has 1 heterocycles. The number of nitrogens with two attached hydrogens (primary N) is 1. The van der Waals surface area contributed by atoms with Gasteiger partial charge in [-0.1, -0.05) is 0 Å². The van der Waals surface area contributed by atoms with Crippen LogP contribution in [-0.2, 0) is 13.0 Å². The molecule has 0 aliphatic heterocycles. The van der Waals surface area contributed by atoms with Crippen LogP contribution in [0.3, 0.4) is 0 Å². The topological polar surface area (TPSA) is 81.2 Å². The van der Waals surface area contributed by atoms with Crippen LogP contribution in [0.15, 0.2) is 6.07 Å². The van der Waals surface area contributed by atoms with Crippen LogP contribution in [0.5, 0.6) is 11.6 Å². The lowest BCUT2D eigenvalue weighted by Crippen LogP contribution is -2.19. The Balaban J connectivity index is 3.22. The Morgan fingerprint density at radius 2 is 2.17 bits per heavy atom. The maximum atomic E-state index is 12.1. The van der Waals surface area contributed by atoms with Crippen LogP contribution in [0, 0.1) is 11.3 Å². The average molecular weight is 261 g/mol. The smallest absolute Gasteiger partial charge is 0.496 e. The van der Waals surface area contributed by atoms with Gasteiger partial charge in [-0.3, -0.25) is 0 Å². The Morgan fingerprint density at radius 3 is 2.61 bits per heavy atom. The number of hydrogen-bond acceptors (Lipinski definition) is 5. The van der Waals surface area contributed by atoms with E-state index in [0.717, 1.165) is 6.07 Å². The first-order valence-corrected chi connectivity index (χ1v) is 4.80. The SMILES string of the molecule is COc1cc(OC(F)(F)F)nc(CN)c1CC#N. The molecule has 1 aromatic rings. The van der Waals surface area contributed by atoms with Crippen LogP contribution in [0.2, 0.25) is 0 Å². The largest absolute Gasteiger partial charge is 0.574 e. The molecule has 0 aromatic carbocycles. The number of aromatic nitrogens is 1. The minimum atomic E-state index is -4.85. The lowest BCUT2D eigenvalue weighted by molar-refractivity contribution is -0.276. The summed E-state index contributed by atoms with van der Waals surface area (Å²) in [4.78, 5) is 3.61. The van der Waals surface area contributed by atoms with E-state index in [1.54, 1.807) is 0 Å². The summed E-state index contributed by atoms with van der Waals surface area (Å²) in [6.07, 6.45) is -4.91. The molecule has 0 radical (unpaired) electrons. The van der Waals surface area contributed by atoms with Crippen molar-refractivity contribution in [3.8, 4) is 17.7 Å². The fourth-order valence-electron chi connectivity index (χ4n) is 1.36. The Labute approximate surface area is 101 Å². The van der Waals surface area contributed by atoms with Crippen LogP contribution in [0.25, 0.3) is 0 Å². The highest BCUT2D eigenvalue weighted by Crippen LogP contribution is 2.29. The van der Waals surface area contributed by atoms with Crippen LogP contribution in [-0.4, -0.2) is 18.5 Å². The molecule has 1 aromatic heterocycles. The van der Waals surface area contributed by atoms with Gasteiger partial charge in [0.05, 0.1) is 25.3 Å². The maximum Gasteiger partial charge on any atom is 0.574 e. The lowest BCUT2D eigenvalue weighted by Gasteiger charge is -2.14. The molecule has 0 fully saturated rings. The van der Waals surface area contributed by atoms with Gasteiger partial charge in [-0.05, 0) is 0 Å². The van der Waals surface area contributed by atoms with E-state index in [1.165, 1.54) is 7.11 Å². The summed E-state index contributed by atoms with van der Waals surface area (Å²) in [6.45, 7) is -0.123. The van der Waals surface area contributed by atoms with Gasteiger partial charge in [-0.2, -0.15) is 5.26 Å². The third-order valence-corrected chi connectivity index (χ3v) is 2.03. The van der Waals surface area contributed by atoms with Gasteiger partial charge in [-0.25, -0.2) is 4.98 Å². The Bertz CT molecular complexity index is 443. The summed E-state index contributed by atoms with van der Waals surface area (Å²) in [6, 6.07) is 2.83. The van der Waals surface area contributed by atoms with Crippen LogP contribution in [0.1, 0.15) is 11.3 Å². The highest BCUT2D eigenvalue weighted by atomic mass is 19.4. The highest BCUT2D eigenvalue weighted by Gasteiger charge is 2.32. The first kappa shape index (κ1) is 14.1. The number of halogens is 3. The second-order valence-corrected chi connectivity index (χ2v) is 3.17. The van der Waals surface area contributed by atoms with Crippen molar-refractivity contribution in [2.75, 3.05) is 7.11 Å². The minimum Gasteiger partial charge on any atom is -0.496 e. The molecule has 0 unspecified atom stereocenters. The summed E-state index contributed by atoms with van der Waals surface area (Å²) >= 11 is 0. The van der Waals surface area contributed by atoms with E-state index in [9.17, 15) is 13.2 Å². The zero-order valence-electron chi connectivity index (χ0n) is 9.41. The summed E-state index contributed by atoms with van der Waals surface area (Å²) in [5.74, 6) is -0.576. The van der Waals surface area contributed by atoms with Crippen molar-refractivity contribution in [2.45, 2.75) is 19.3 Å². The van der Waals surface area contributed by atoms with Gasteiger partial charge in [0, 0.05) is 18.2 Å². The quantitative estimate of drug-likeness (QED) is 0.888. The number of methoxy groups -OCH3 is 1. The van der Waals surface area contributed by atoms with Crippen LogP contribution in [0.4, 0.5) is 13.2 Å². The fourth-order valence-corrected chi connectivity index (χ4v) is 1.36. The highest BCUT2D eigenvalue weighted by molar-refractivity contribution is 5.42. The molecule has 0 amide bonds. The van der Waals surface area contributed by atoms with E-state index in [4.69, 9.17) is 15.7 Å². The van der Waals surface area contributed by atoms with Crippen molar-refractivity contribution < 1.29 is 22.6 Å². The average Bonchev–Trinajstić information content (AvgIpc) is 2.28. The van der Waals surface area contributed by atoms with Crippen LogP contribution >= 0.6 is 0 Å². The van der Waals surface area contributed by atoms with Gasteiger partial charge in [0.25, 0.3) is 0 Å². The Morgan fingerprint density at radius 1 is 1.50 bits per heavy atom. The second-order valence-electron chi connectivity index (χ2n) is 3.17. The molecule has 0 aliphatic carbocycles. The van der Waals surface area contributed by atoms with Crippen molar-refractivity contribution in [3.63, 3.8) is 0 Å². The zero-order valence-corrected chi connectivity index (χ0v) is 9.41. The first-order valence-electron chi connectivity index (χ1n) is 4.80. The van der Waals surface area contributed by atoms with E-state index in [2.05, 4.69) is 9.72 Å². The molecule has 0 atom stereocenters. The van der Waals surface area contributed by atoms with Gasteiger partial charge >= 0.3 is 6.36 Å². The Hall–Kier alpha value is -2.01. The predicted octanol–water partition coefficient (Wildman–Crippen LogP) is 1.51. The summed E-state index contributed by atoms with van der Waals surface area (Å²) in [5.41, 5.74) is 5.87. The first-order chi connectivity index (χ1) is 8.41. The van der Waals surface area contributed by atoms with Gasteiger partial charge in [0.1, 0.15) is 5.75 Å². The monoisotopic (exact) mass is 261 g/mol. The summed E-state index contributed by atoms with van der Waals surface area (Å²) in [5, 5.41) is 8.63. The van der Waals surface area contributed by atoms with E-state index >= 15 is 0 Å². The molecule has 0 saturated heterocycles. The molecular formula is C10H10F3N3O2. The summed E-state index contributed by atoms with van der Waals surface area (Å²) in [7, 11) is 1.27. The molecule has 0 spiro atoms. The van der Waals surface area contributed by atoms with E-state index < -0.39 is 12.2 Å². The van der Waals surface area contributed by atoms with E-state index in [0.29, 0.717) is 5.56 Å². The van der Waals surface area contributed by atoms with Crippen LogP contribution < -0.4 is 15.2 Å². The van der Waals surface area contributed by atoms with Gasteiger partial charge in [0.15, 0.2) is 0 Å². The minimum absolute atomic E-state index is 0.0605. The van der Waals surface area contributed by atoms with Gasteiger partial charge in [-0.15, -0.1) is 13.2 Å². The van der Waals surface area contributed by atoms with Crippen molar-refractivity contribution in [1.82, 2.24) is 4.98 Å². The zero-order chi connectivity index (χ0) is 13.8. The fraction of sp³-hybridized carbons (Fsp3) is 0.400. The number of rotatable bonds is 4. The number of ether oxygens (including phenoxy) is 2. The number of alkyl halides is 3. The second kappa shape index (κ2) is 5.55. The van der Waals surface area contributed by atoms with Gasteiger partial charge < -0.3 is 15.2 Å². The molecule has 98 valence electrons. The molecule has 0 bridgehead atoms. The van der Waals surface area contributed by atoms with Crippen molar-refractivity contribution in [3.05, 3.63) is 17.3 Å². The number of hydrogen-bond donors (Lipinski definition) is 1. The molecule has 1 rings (SSSR count). The maximum absolute atomic E-state index is 12.1. The third-order valence-electron chi connectivity index (χ3n) is 2.03. The van der Waals surface area contributed by atoms with E-state index in [-0.39, 0.29) is 24.4 Å². The lowest BCUT2D eigenvalue weighted by atomic mass is 10.1. The third kappa shape index (κ3) is 3.49. The van der Waals surface area contributed by atoms with E-state index in [1.807, 2.05) is 6.07 Å². The molecule has 0 saturated carbocycles. The van der Waals surface area contributed by atoms with Crippen molar-refractivity contribution in [1.29, 1.82) is 5.26 Å². The normalized spacial score (nSPS) is 10.9. The number of pyridine rings is 1. The molecule has 8 heteroatoms. The molecule has 0 aliphatic rings. The standard InChI is InChI=1S/C10H10F3N3O2/c1-17-8-4-9(18-10(11,12)13)16-7(5-15)6(8)2-3-14/h4H,2,5,15H2,1H3. The van der Waals surface area contributed by atoms with Gasteiger partial charge in [0.2, 0.25) is 5.88 Å². The molecule has 5 nitrogen and oxygen atoms in total. The van der Waals surface area contributed by atoms with Crippen molar-refractivity contribution in [2.24, 2.45) is 5.73 Å². The summed E-state index contributed by atoms with van der Waals surface area (Å²) < 4.78 is 44.8. The number of nitriles is 1. The molecule has 2 N–H and O–H groups in total. The number of nitrogens with zero attached hydrogens (tertiary/aromatic N) is 2. The molecular weight excluding hydrogens is 251 g/mol. The van der Waals surface area contributed by atoms with Crippen molar-refractivity contribution >= 4 is 0 Å². The Kier molecular flexibility index (Phi) is 4.33. The predicted molar refractivity (Wildman–Crippen MR) is 54.7 cm³/mol.